The minimum Gasteiger partial charge on any atom is -0.379 e. The Kier molecular flexibility index (Phi) is 2.81. The molecular formula is C12H12ClN3O2. The monoisotopic (exact) mass is 265 g/mol. The predicted molar refractivity (Wildman–Crippen MR) is 66.1 cm³/mol. The van der Waals surface area contributed by atoms with Crippen LogP contribution in [0.25, 0.3) is 11.4 Å². The summed E-state index contributed by atoms with van der Waals surface area (Å²) in [5.74, 6) is 0.690. The van der Waals surface area contributed by atoms with Crippen molar-refractivity contribution in [3.05, 3.63) is 35.2 Å². The van der Waals surface area contributed by atoms with Gasteiger partial charge in [-0.3, -0.25) is 0 Å². The Bertz CT molecular complexity index is 564. The fourth-order valence-electron chi connectivity index (χ4n) is 2.02. The molecule has 2 aromatic rings. The SMILES string of the molecule is OC1(c2nc(-c3cccc(Cl)c3)no2)CCNC1. The number of nitrogens with zero attached hydrogens (tertiary/aromatic N) is 2. The van der Waals surface area contributed by atoms with E-state index in [1.54, 1.807) is 12.1 Å². The summed E-state index contributed by atoms with van der Waals surface area (Å²) in [4.78, 5) is 4.25. The van der Waals surface area contributed by atoms with Crippen LogP contribution in [0.4, 0.5) is 0 Å². The van der Waals surface area contributed by atoms with Gasteiger partial charge in [-0.25, -0.2) is 0 Å². The Morgan fingerprint density at radius 2 is 2.33 bits per heavy atom. The fourth-order valence-corrected chi connectivity index (χ4v) is 2.21. The highest BCUT2D eigenvalue weighted by molar-refractivity contribution is 6.30. The summed E-state index contributed by atoms with van der Waals surface area (Å²) in [6.45, 7) is 1.18. The van der Waals surface area contributed by atoms with Gasteiger partial charge in [0.1, 0.15) is 0 Å². The summed E-state index contributed by atoms with van der Waals surface area (Å²) in [6, 6.07) is 7.20. The molecule has 0 aliphatic carbocycles. The average molecular weight is 266 g/mol. The predicted octanol–water partition coefficient (Wildman–Crippen LogP) is 1.57. The van der Waals surface area contributed by atoms with E-state index in [4.69, 9.17) is 16.1 Å². The van der Waals surface area contributed by atoms with Crippen molar-refractivity contribution >= 4 is 11.6 Å². The van der Waals surface area contributed by atoms with Crippen LogP contribution in [0.1, 0.15) is 12.3 Å². The maximum atomic E-state index is 10.3. The molecule has 0 amide bonds. The lowest BCUT2D eigenvalue weighted by Crippen LogP contribution is -2.28. The van der Waals surface area contributed by atoms with E-state index in [9.17, 15) is 5.11 Å². The zero-order valence-corrected chi connectivity index (χ0v) is 10.3. The van der Waals surface area contributed by atoms with Gasteiger partial charge in [0, 0.05) is 17.1 Å². The number of hydrogen-bond donors (Lipinski definition) is 2. The van der Waals surface area contributed by atoms with E-state index in [1.807, 2.05) is 12.1 Å². The Hall–Kier alpha value is -1.43. The van der Waals surface area contributed by atoms with Crippen molar-refractivity contribution in [3.63, 3.8) is 0 Å². The smallest absolute Gasteiger partial charge is 0.260 e. The van der Waals surface area contributed by atoms with Crippen molar-refractivity contribution in [2.75, 3.05) is 13.1 Å². The Morgan fingerprint density at radius 1 is 1.44 bits per heavy atom. The van der Waals surface area contributed by atoms with E-state index >= 15 is 0 Å². The van der Waals surface area contributed by atoms with Gasteiger partial charge in [0.15, 0.2) is 5.60 Å². The molecule has 1 aliphatic rings. The van der Waals surface area contributed by atoms with Gasteiger partial charge in [-0.05, 0) is 25.1 Å². The van der Waals surface area contributed by atoms with Crippen molar-refractivity contribution in [2.45, 2.75) is 12.0 Å². The van der Waals surface area contributed by atoms with Crippen LogP contribution in [-0.2, 0) is 5.60 Å². The lowest BCUT2D eigenvalue weighted by atomic mass is 10.0. The topological polar surface area (TPSA) is 71.2 Å². The lowest BCUT2D eigenvalue weighted by molar-refractivity contribution is 0.0243. The molecule has 1 aromatic carbocycles. The first kappa shape index (κ1) is 11.6. The van der Waals surface area contributed by atoms with Gasteiger partial charge in [0.2, 0.25) is 5.82 Å². The van der Waals surface area contributed by atoms with E-state index < -0.39 is 5.60 Å². The molecule has 1 aromatic heterocycles. The van der Waals surface area contributed by atoms with Crippen molar-refractivity contribution in [1.82, 2.24) is 15.5 Å². The highest BCUT2D eigenvalue weighted by Crippen LogP contribution is 2.28. The number of nitrogens with one attached hydrogen (secondary N) is 1. The van der Waals surface area contributed by atoms with Crippen molar-refractivity contribution in [2.24, 2.45) is 0 Å². The van der Waals surface area contributed by atoms with E-state index in [1.165, 1.54) is 0 Å². The molecule has 3 rings (SSSR count). The third-order valence-electron chi connectivity index (χ3n) is 3.04. The molecule has 5 nitrogen and oxygen atoms in total. The normalized spacial score (nSPS) is 23.4. The summed E-state index contributed by atoms with van der Waals surface area (Å²) in [6.07, 6.45) is 0.574. The molecule has 2 N–H and O–H groups in total. The van der Waals surface area contributed by atoms with Crippen LogP contribution in [0.15, 0.2) is 28.8 Å². The second-order valence-corrected chi connectivity index (χ2v) is 4.83. The van der Waals surface area contributed by atoms with E-state index in [2.05, 4.69) is 15.5 Å². The molecule has 2 heterocycles. The molecule has 0 saturated carbocycles. The molecule has 1 aliphatic heterocycles. The summed E-state index contributed by atoms with van der Waals surface area (Å²) in [7, 11) is 0. The van der Waals surface area contributed by atoms with Crippen molar-refractivity contribution in [1.29, 1.82) is 0 Å². The molecule has 1 fully saturated rings. The van der Waals surface area contributed by atoms with Crippen LogP contribution in [0, 0.1) is 0 Å². The quantitative estimate of drug-likeness (QED) is 0.862. The molecule has 0 spiro atoms. The summed E-state index contributed by atoms with van der Waals surface area (Å²) in [5.41, 5.74) is -0.281. The molecule has 0 radical (unpaired) electrons. The second kappa shape index (κ2) is 4.35. The van der Waals surface area contributed by atoms with Crippen LogP contribution in [0.2, 0.25) is 5.02 Å². The second-order valence-electron chi connectivity index (χ2n) is 4.39. The molecule has 1 atom stereocenters. The number of halogens is 1. The van der Waals surface area contributed by atoms with E-state index in [-0.39, 0.29) is 5.89 Å². The number of aromatic nitrogens is 2. The minimum atomic E-state index is -1.05. The van der Waals surface area contributed by atoms with Crippen LogP contribution in [0.5, 0.6) is 0 Å². The number of rotatable bonds is 2. The van der Waals surface area contributed by atoms with Gasteiger partial charge < -0.3 is 14.9 Å². The van der Waals surface area contributed by atoms with Gasteiger partial charge in [-0.15, -0.1) is 0 Å². The largest absolute Gasteiger partial charge is 0.379 e. The van der Waals surface area contributed by atoms with Crippen molar-refractivity contribution in [3.8, 4) is 11.4 Å². The lowest BCUT2D eigenvalue weighted by Gasteiger charge is -2.14. The number of hydrogen-bond acceptors (Lipinski definition) is 5. The third-order valence-corrected chi connectivity index (χ3v) is 3.27. The number of benzene rings is 1. The van der Waals surface area contributed by atoms with Crippen molar-refractivity contribution < 1.29 is 9.63 Å². The Morgan fingerprint density at radius 3 is 3.06 bits per heavy atom. The number of aliphatic hydroxyl groups is 1. The molecule has 1 unspecified atom stereocenters. The molecule has 94 valence electrons. The highest BCUT2D eigenvalue weighted by Gasteiger charge is 2.38. The standard InChI is InChI=1S/C12H12ClN3O2/c13-9-3-1-2-8(6-9)10-15-11(18-16-10)12(17)4-5-14-7-12/h1-3,6,14,17H,4-5,7H2. The van der Waals surface area contributed by atoms with E-state index in [0.717, 1.165) is 12.1 Å². The van der Waals surface area contributed by atoms with Crippen LogP contribution < -0.4 is 5.32 Å². The van der Waals surface area contributed by atoms with Gasteiger partial charge in [-0.2, -0.15) is 4.98 Å². The first-order chi connectivity index (χ1) is 8.67. The molecule has 1 saturated heterocycles. The van der Waals surface area contributed by atoms with Gasteiger partial charge in [0.05, 0.1) is 0 Å². The first-order valence-corrected chi connectivity index (χ1v) is 6.08. The Labute approximate surface area is 109 Å². The van der Waals surface area contributed by atoms with E-state index in [0.29, 0.717) is 23.8 Å². The summed E-state index contributed by atoms with van der Waals surface area (Å²) < 4.78 is 5.15. The number of β-amino-alcohol motifs (C(OH)–C–C–N with tert-alkyl or cyclic N) is 1. The fraction of sp³-hybridized carbons (Fsp3) is 0.333. The molecule has 6 heteroatoms. The zero-order chi connectivity index (χ0) is 12.6. The summed E-state index contributed by atoms with van der Waals surface area (Å²) >= 11 is 5.91. The van der Waals surface area contributed by atoms with Gasteiger partial charge in [0.25, 0.3) is 5.89 Å². The first-order valence-electron chi connectivity index (χ1n) is 5.71. The molecule has 0 bridgehead atoms. The maximum absolute atomic E-state index is 10.3. The minimum absolute atomic E-state index is 0.252. The van der Waals surface area contributed by atoms with Gasteiger partial charge in [-0.1, -0.05) is 28.9 Å². The molecule has 18 heavy (non-hydrogen) atoms. The van der Waals surface area contributed by atoms with Crippen LogP contribution in [-0.4, -0.2) is 28.3 Å². The zero-order valence-electron chi connectivity index (χ0n) is 9.56. The van der Waals surface area contributed by atoms with Crippen LogP contribution >= 0.6 is 11.6 Å². The van der Waals surface area contributed by atoms with Gasteiger partial charge >= 0.3 is 0 Å². The maximum Gasteiger partial charge on any atom is 0.260 e. The summed E-state index contributed by atoms with van der Waals surface area (Å²) in [5, 5.41) is 17.9. The third kappa shape index (κ3) is 2.01. The Balaban J connectivity index is 1.94. The molecular weight excluding hydrogens is 254 g/mol. The average Bonchev–Trinajstić information content (AvgIpc) is 2.98. The highest BCUT2D eigenvalue weighted by atomic mass is 35.5. The van der Waals surface area contributed by atoms with Crippen LogP contribution in [0.3, 0.4) is 0 Å².